The summed E-state index contributed by atoms with van der Waals surface area (Å²) in [5, 5.41) is 13.7. The van der Waals surface area contributed by atoms with Crippen LogP contribution in [0.4, 0.5) is 0 Å². The minimum Gasteiger partial charge on any atom is -0.327 e. The lowest BCUT2D eigenvalue weighted by atomic mass is 10.2. The van der Waals surface area contributed by atoms with Gasteiger partial charge in [-0.15, -0.1) is 27.8 Å². The highest BCUT2D eigenvalue weighted by molar-refractivity contribution is 7.10. The molecule has 0 aliphatic rings. The molecule has 0 fully saturated rings. The third-order valence-corrected chi connectivity index (χ3v) is 6.80. The second-order valence-electron chi connectivity index (χ2n) is 7.11. The van der Waals surface area contributed by atoms with Crippen LogP contribution in [-0.2, 0) is 13.1 Å². The van der Waals surface area contributed by atoms with E-state index in [9.17, 15) is 4.79 Å². The number of hydrogen-bond acceptors (Lipinski definition) is 6. The van der Waals surface area contributed by atoms with Crippen LogP contribution in [0.3, 0.4) is 0 Å². The van der Waals surface area contributed by atoms with Crippen molar-refractivity contribution in [3.8, 4) is 5.69 Å². The van der Waals surface area contributed by atoms with Crippen molar-refractivity contribution >= 4 is 39.5 Å². The van der Waals surface area contributed by atoms with E-state index in [1.807, 2.05) is 77.2 Å². The number of hydrogen-bond donors (Lipinski definition) is 0. The summed E-state index contributed by atoms with van der Waals surface area (Å²) in [5.74, 6) is -0.126. The van der Waals surface area contributed by atoms with Crippen molar-refractivity contribution in [3.05, 3.63) is 92.7 Å². The van der Waals surface area contributed by atoms with Crippen LogP contribution in [-0.4, -0.2) is 30.8 Å². The lowest BCUT2D eigenvalue weighted by molar-refractivity contribution is 0.0726. The van der Waals surface area contributed by atoms with Crippen molar-refractivity contribution in [1.29, 1.82) is 0 Å². The fourth-order valence-electron chi connectivity index (χ4n) is 3.55. The zero-order valence-corrected chi connectivity index (χ0v) is 18.4. The number of carbonyl (C=O) groups is 1. The zero-order chi connectivity index (χ0) is 21.2. The molecule has 5 rings (SSSR count). The molecule has 4 aromatic heterocycles. The van der Waals surface area contributed by atoms with Crippen molar-refractivity contribution < 1.29 is 4.79 Å². The van der Waals surface area contributed by atoms with Crippen LogP contribution in [0.5, 0.6) is 0 Å². The second-order valence-corrected chi connectivity index (χ2v) is 9.17. The summed E-state index contributed by atoms with van der Waals surface area (Å²) in [6, 6.07) is 17.9. The molecule has 0 atom stereocenters. The summed E-state index contributed by atoms with van der Waals surface area (Å²) in [6.45, 7) is 2.95. The molecule has 0 spiro atoms. The maximum atomic E-state index is 13.5. The molecule has 0 radical (unpaired) electrons. The first-order valence-corrected chi connectivity index (χ1v) is 11.6. The predicted octanol–water partition coefficient (Wildman–Crippen LogP) is 5.09. The van der Waals surface area contributed by atoms with Crippen LogP contribution >= 0.6 is 22.7 Å². The molecule has 6 nitrogen and oxygen atoms in total. The molecule has 8 heteroatoms. The molecular formula is C23H19N5OS2. The smallest absolute Gasteiger partial charge is 0.276 e. The number of amides is 1. The number of carbonyl (C=O) groups excluding carboxylic acids is 1. The Hall–Kier alpha value is -3.36. The minimum absolute atomic E-state index is 0.126. The van der Waals surface area contributed by atoms with Crippen LogP contribution in [0, 0.1) is 6.92 Å². The summed E-state index contributed by atoms with van der Waals surface area (Å²) in [5.41, 5.74) is 2.70. The molecule has 0 saturated heterocycles. The molecule has 0 N–H and O–H groups in total. The van der Waals surface area contributed by atoms with Gasteiger partial charge in [0.2, 0.25) is 0 Å². The van der Waals surface area contributed by atoms with E-state index in [1.165, 1.54) is 0 Å². The minimum atomic E-state index is -0.126. The normalized spacial score (nSPS) is 11.1. The van der Waals surface area contributed by atoms with Gasteiger partial charge in [0.25, 0.3) is 5.91 Å². The molecule has 0 unspecified atom stereocenters. The quantitative estimate of drug-likeness (QED) is 0.365. The number of para-hydroxylation sites is 1. The highest BCUT2D eigenvalue weighted by Gasteiger charge is 2.24. The Balaban J connectivity index is 1.51. The van der Waals surface area contributed by atoms with Crippen molar-refractivity contribution in [2.24, 2.45) is 0 Å². The number of fused-ring (bicyclic) bond motifs is 1. The monoisotopic (exact) mass is 445 g/mol. The van der Waals surface area contributed by atoms with Crippen LogP contribution in [0.15, 0.2) is 71.6 Å². The van der Waals surface area contributed by atoms with Gasteiger partial charge < -0.3 is 4.90 Å². The summed E-state index contributed by atoms with van der Waals surface area (Å²) < 4.78 is 1.71. The second kappa shape index (κ2) is 8.41. The molecular weight excluding hydrogens is 426 g/mol. The fraction of sp³-hybridized carbons (Fsp3) is 0.130. The summed E-state index contributed by atoms with van der Waals surface area (Å²) in [6.07, 6.45) is 1.76. The van der Waals surface area contributed by atoms with E-state index in [2.05, 4.69) is 15.3 Å². The van der Waals surface area contributed by atoms with Crippen LogP contribution < -0.4 is 0 Å². The standard InChI is InChI=1S/C23H19N5OS2/c1-16-21(25-26-28(16)20-10-2-6-17-7-3-11-24-22(17)20)23(29)27(14-18-8-4-12-30-18)15-19-9-5-13-31-19/h2-13H,14-15H2,1H3. The number of pyridine rings is 1. The first-order valence-electron chi connectivity index (χ1n) is 9.81. The van der Waals surface area contributed by atoms with E-state index in [1.54, 1.807) is 33.6 Å². The SMILES string of the molecule is Cc1c(C(=O)N(Cc2cccs2)Cc2cccs2)nnn1-c1cccc2cccnc12. The Kier molecular flexibility index (Phi) is 5.31. The molecule has 1 amide bonds. The van der Waals surface area contributed by atoms with Crippen LogP contribution in [0.2, 0.25) is 0 Å². The third-order valence-electron chi connectivity index (χ3n) is 5.08. The Labute approximate surface area is 187 Å². The van der Waals surface area contributed by atoms with E-state index >= 15 is 0 Å². The van der Waals surface area contributed by atoms with Gasteiger partial charge in [0.1, 0.15) is 0 Å². The average molecular weight is 446 g/mol. The van der Waals surface area contributed by atoms with E-state index in [0.29, 0.717) is 24.5 Å². The van der Waals surface area contributed by atoms with Gasteiger partial charge in [-0.05, 0) is 41.9 Å². The van der Waals surface area contributed by atoms with Crippen molar-refractivity contribution in [3.63, 3.8) is 0 Å². The number of aromatic nitrogens is 4. The zero-order valence-electron chi connectivity index (χ0n) is 16.8. The molecule has 154 valence electrons. The predicted molar refractivity (Wildman–Crippen MR) is 124 cm³/mol. The van der Waals surface area contributed by atoms with Gasteiger partial charge in [0, 0.05) is 21.3 Å². The molecule has 0 aliphatic heterocycles. The van der Waals surface area contributed by atoms with Gasteiger partial charge in [0.05, 0.1) is 30.0 Å². The Bertz CT molecular complexity index is 1280. The molecule has 4 heterocycles. The van der Waals surface area contributed by atoms with Gasteiger partial charge >= 0.3 is 0 Å². The van der Waals surface area contributed by atoms with Crippen molar-refractivity contribution in [1.82, 2.24) is 24.9 Å². The first kappa shape index (κ1) is 19.6. The van der Waals surface area contributed by atoms with E-state index < -0.39 is 0 Å². The summed E-state index contributed by atoms with van der Waals surface area (Å²) >= 11 is 3.29. The van der Waals surface area contributed by atoms with E-state index in [-0.39, 0.29) is 5.91 Å². The highest BCUT2D eigenvalue weighted by Crippen LogP contribution is 2.23. The first-order chi connectivity index (χ1) is 15.2. The molecule has 0 bridgehead atoms. The Morgan fingerprint density at radius 2 is 1.68 bits per heavy atom. The maximum Gasteiger partial charge on any atom is 0.276 e. The summed E-state index contributed by atoms with van der Waals surface area (Å²) in [7, 11) is 0. The number of nitrogens with zero attached hydrogens (tertiary/aromatic N) is 5. The van der Waals surface area contributed by atoms with Gasteiger partial charge in [-0.25, -0.2) is 4.68 Å². The van der Waals surface area contributed by atoms with Gasteiger partial charge in [-0.2, -0.15) is 0 Å². The molecule has 1 aromatic carbocycles. The van der Waals surface area contributed by atoms with Gasteiger partial charge in [0.15, 0.2) is 5.69 Å². The summed E-state index contributed by atoms with van der Waals surface area (Å²) in [4.78, 5) is 22.1. The molecule has 0 aliphatic carbocycles. The number of rotatable bonds is 6. The average Bonchev–Trinajstić information content (AvgIpc) is 3.56. The largest absolute Gasteiger partial charge is 0.327 e. The van der Waals surface area contributed by atoms with E-state index in [0.717, 1.165) is 26.3 Å². The Morgan fingerprint density at radius 3 is 2.35 bits per heavy atom. The number of benzene rings is 1. The van der Waals surface area contributed by atoms with Crippen molar-refractivity contribution in [2.45, 2.75) is 20.0 Å². The van der Waals surface area contributed by atoms with Crippen molar-refractivity contribution in [2.75, 3.05) is 0 Å². The van der Waals surface area contributed by atoms with Gasteiger partial charge in [-0.1, -0.05) is 35.5 Å². The lowest BCUT2D eigenvalue weighted by Gasteiger charge is -2.20. The molecule has 0 saturated carbocycles. The maximum absolute atomic E-state index is 13.5. The van der Waals surface area contributed by atoms with Gasteiger partial charge in [-0.3, -0.25) is 9.78 Å². The topological polar surface area (TPSA) is 63.9 Å². The van der Waals surface area contributed by atoms with Crippen LogP contribution in [0.1, 0.15) is 25.9 Å². The van der Waals surface area contributed by atoms with E-state index in [4.69, 9.17) is 0 Å². The van der Waals surface area contributed by atoms with Crippen LogP contribution in [0.25, 0.3) is 16.6 Å². The molecule has 31 heavy (non-hydrogen) atoms. The molecule has 5 aromatic rings. The third kappa shape index (κ3) is 3.87. The Morgan fingerprint density at radius 1 is 0.968 bits per heavy atom. The fourth-order valence-corrected chi connectivity index (χ4v) is 4.98. The number of thiophene rings is 2. The lowest BCUT2D eigenvalue weighted by Crippen LogP contribution is -2.30. The highest BCUT2D eigenvalue weighted by atomic mass is 32.1.